The molecule has 1 amide bonds. The topological polar surface area (TPSA) is 49.8 Å². The third-order valence-corrected chi connectivity index (χ3v) is 4.62. The number of hydrogen-bond acceptors (Lipinski definition) is 3. The average Bonchev–Trinajstić information content (AvgIpc) is 2.52. The van der Waals surface area contributed by atoms with E-state index in [4.69, 9.17) is 16.3 Å². The van der Waals surface area contributed by atoms with Crippen molar-refractivity contribution in [2.24, 2.45) is 0 Å². The minimum atomic E-state index is -0.570. The molecule has 0 aromatic heterocycles. The second-order valence-electron chi connectivity index (χ2n) is 7.15. The minimum absolute atomic E-state index is 0.144. The molecule has 0 saturated carbocycles. The zero-order chi connectivity index (χ0) is 17.5. The quantitative estimate of drug-likeness (QED) is 0.737. The molecule has 4 nitrogen and oxygen atoms in total. The molecule has 128 valence electrons. The monoisotopic (exact) mass is 347 g/mol. The van der Waals surface area contributed by atoms with Crippen LogP contribution in [-0.2, 0) is 4.74 Å². The summed E-state index contributed by atoms with van der Waals surface area (Å²) in [6.07, 6.45) is 0.372. The van der Waals surface area contributed by atoms with Crippen molar-refractivity contribution in [1.29, 1.82) is 0 Å². The highest BCUT2D eigenvalue weighted by molar-refractivity contribution is 6.18. The molecule has 2 aromatic carbocycles. The minimum Gasteiger partial charge on any atom is -0.507 e. The number of phenolic OH excluding ortho intramolecular Hbond substituents is 1. The van der Waals surface area contributed by atoms with Gasteiger partial charge in [0.05, 0.1) is 5.69 Å². The third kappa shape index (κ3) is 3.03. The highest BCUT2D eigenvalue weighted by Crippen LogP contribution is 2.44. The molecule has 5 heteroatoms. The number of hydrogen-bond donors (Lipinski definition) is 1. The first-order valence-electron chi connectivity index (χ1n) is 8.13. The Hall–Kier alpha value is -1.94. The molecule has 1 aliphatic rings. The Morgan fingerprint density at radius 2 is 2.00 bits per heavy atom. The van der Waals surface area contributed by atoms with Gasteiger partial charge < -0.3 is 9.84 Å². The smallest absolute Gasteiger partial charge is 0.414 e. The first kappa shape index (κ1) is 16.9. The molecule has 1 N–H and O–H groups in total. The summed E-state index contributed by atoms with van der Waals surface area (Å²) in [4.78, 5) is 14.2. The molecule has 2 aromatic rings. The molecule has 24 heavy (non-hydrogen) atoms. The van der Waals surface area contributed by atoms with E-state index in [0.29, 0.717) is 18.1 Å². The Morgan fingerprint density at radius 1 is 1.33 bits per heavy atom. The van der Waals surface area contributed by atoms with Crippen LogP contribution in [-0.4, -0.2) is 29.2 Å². The largest absolute Gasteiger partial charge is 0.507 e. The molecule has 0 saturated heterocycles. The van der Waals surface area contributed by atoms with Gasteiger partial charge in [0.25, 0.3) is 0 Å². The Balaban J connectivity index is 2.16. The normalized spacial score (nSPS) is 17.7. The van der Waals surface area contributed by atoms with Crippen LogP contribution in [0.2, 0.25) is 0 Å². The lowest BCUT2D eigenvalue weighted by molar-refractivity contribution is 0.0577. The predicted molar refractivity (Wildman–Crippen MR) is 97.3 cm³/mol. The van der Waals surface area contributed by atoms with Crippen molar-refractivity contribution >= 4 is 34.2 Å². The summed E-state index contributed by atoms with van der Waals surface area (Å²) in [6.45, 7) is 6.05. The van der Waals surface area contributed by atoms with Gasteiger partial charge in [0.2, 0.25) is 0 Å². The second kappa shape index (κ2) is 6.17. The maximum Gasteiger partial charge on any atom is 0.414 e. The lowest BCUT2D eigenvalue weighted by Crippen LogP contribution is -2.40. The highest BCUT2D eigenvalue weighted by atomic mass is 35.5. The molecule has 1 aliphatic heterocycles. The van der Waals surface area contributed by atoms with E-state index >= 15 is 0 Å². The predicted octanol–water partition coefficient (Wildman–Crippen LogP) is 5.01. The van der Waals surface area contributed by atoms with Gasteiger partial charge in [-0.15, -0.1) is 11.6 Å². The van der Waals surface area contributed by atoms with Gasteiger partial charge in [0, 0.05) is 29.8 Å². The first-order valence-corrected chi connectivity index (χ1v) is 8.66. The number of alkyl halides is 1. The van der Waals surface area contributed by atoms with Gasteiger partial charge in [0.1, 0.15) is 11.4 Å². The fraction of sp³-hybridized carbons (Fsp3) is 0.421. The van der Waals surface area contributed by atoms with Crippen molar-refractivity contribution < 1.29 is 14.6 Å². The molecule has 1 unspecified atom stereocenters. The molecule has 1 heterocycles. The maximum absolute atomic E-state index is 12.6. The molecule has 0 aliphatic carbocycles. The van der Waals surface area contributed by atoms with Gasteiger partial charge in [-0.05, 0) is 38.1 Å². The summed E-state index contributed by atoms with van der Waals surface area (Å²) >= 11 is 6.18. The molecule has 0 bridgehead atoms. The van der Waals surface area contributed by atoms with Crippen LogP contribution < -0.4 is 4.90 Å². The lowest BCUT2D eigenvalue weighted by atomic mass is 9.87. The van der Waals surface area contributed by atoms with Crippen LogP contribution in [0.1, 0.15) is 38.7 Å². The number of amides is 1. The first-order chi connectivity index (χ1) is 11.3. The van der Waals surface area contributed by atoms with Crippen LogP contribution in [0.3, 0.4) is 0 Å². The summed E-state index contributed by atoms with van der Waals surface area (Å²) in [5.41, 5.74) is 1.13. The average molecular weight is 348 g/mol. The molecular weight excluding hydrogens is 326 g/mol. The number of carbonyl (C=O) groups is 1. The number of halogens is 1. The SMILES string of the molecule is CC(C)(C)OC(=O)N1CCC(CCl)c2c1cc(O)c1ccccc21. The van der Waals surface area contributed by atoms with Crippen molar-refractivity contribution in [3.63, 3.8) is 0 Å². The van der Waals surface area contributed by atoms with Gasteiger partial charge in [0.15, 0.2) is 0 Å². The Labute approximate surface area is 147 Å². The van der Waals surface area contributed by atoms with Crippen LogP contribution in [0.15, 0.2) is 30.3 Å². The number of rotatable bonds is 1. The Bertz CT molecular complexity index is 782. The van der Waals surface area contributed by atoms with Crippen molar-refractivity contribution in [2.45, 2.75) is 38.7 Å². The molecule has 3 rings (SSSR count). The van der Waals surface area contributed by atoms with E-state index < -0.39 is 11.7 Å². The van der Waals surface area contributed by atoms with E-state index in [1.54, 1.807) is 11.0 Å². The van der Waals surface area contributed by atoms with Crippen LogP contribution in [0, 0.1) is 0 Å². The van der Waals surface area contributed by atoms with E-state index in [2.05, 4.69) is 0 Å². The summed E-state index contributed by atoms with van der Waals surface area (Å²) in [7, 11) is 0. The zero-order valence-electron chi connectivity index (χ0n) is 14.2. The van der Waals surface area contributed by atoms with E-state index in [1.165, 1.54) is 0 Å². The van der Waals surface area contributed by atoms with Gasteiger partial charge >= 0.3 is 6.09 Å². The van der Waals surface area contributed by atoms with E-state index in [9.17, 15) is 9.90 Å². The summed E-state index contributed by atoms with van der Waals surface area (Å²) in [6, 6.07) is 9.31. The van der Waals surface area contributed by atoms with Gasteiger partial charge in [-0.1, -0.05) is 24.3 Å². The standard InChI is InChI=1S/C19H22ClNO3/c1-19(2,3)24-18(23)21-9-8-12(11-20)17-14-7-5-4-6-13(14)16(22)10-15(17)21/h4-7,10,12,22H,8-9,11H2,1-3H3. The van der Waals surface area contributed by atoms with Crippen LogP contribution in [0.25, 0.3) is 10.8 Å². The van der Waals surface area contributed by atoms with Gasteiger partial charge in [-0.3, -0.25) is 4.90 Å². The number of ether oxygens (including phenoxy) is 1. The van der Waals surface area contributed by atoms with Crippen molar-refractivity contribution in [3.05, 3.63) is 35.9 Å². The van der Waals surface area contributed by atoms with Crippen LogP contribution >= 0.6 is 11.6 Å². The molecule has 1 atom stereocenters. The fourth-order valence-electron chi connectivity index (χ4n) is 3.23. The summed E-state index contributed by atoms with van der Waals surface area (Å²) in [5, 5.41) is 12.1. The number of phenols is 1. The summed E-state index contributed by atoms with van der Waals surface area (Å²) in [5.74, 6) is 0.781. The Kier molecular flexibility index (Phi) is 4.35. The maximum atomic E-state index is 12.6. The highest BCUT2D eigenvalue weighted by Gasteiger charge is 2.33. The fourth-order valence-corrected chi connectivity index (χ4v) is 3.54. The van der Waals surface area contributed by atoms with Crippen molar-refractivity contribution in [3.8, 4) is 5.75 Å². The van der Waals surface area contributed by atoms with Gasteiger partial charge in [-0.25, -0.2) is 4.79 Å². The lowest BCUT2D eigenvalue weighted by Gasteiger charge is -2.35. The molecule has 0 spiro atoms. The molecule has 0 radical (unpaired) electrons. The number of carbonyl (C=O) groups excluding carboxylic acids is 1. The number of nitrogens with zero attached hydrogens (tertiary/aromatic N) is 1. The zero-order valence-corrected chi connectivity index (χ0v) is 14.9. The number of anilines is 1. The number of aromatic hydroxyl groups is 1. The summed E-state index contributed by atoms with van der Waals surface area (Å²) < 4.78 is 5.53. The number of benzene rings is 2. The van der Waals surface area contributed by atoms with E-state index in [-0.39, 0.29) is 11.7 Å². The third-order valence-electron chi connectivity index (χ3n) is 4.24. The second-order valence-corrected chi connectivity index (χ2v) is 7.45. The van der Waals surface area contributed by atoms with Gasteiger partial charge in [-0.2, -0.15) is 0 Å². The van der Waals surface area contributed by atoms with E-state index in [1.807, 2.05) is 45.0 Å². The van der Waals surface area contributed by atoms with Crippen LogP contribution in [0.5, 0.6) is 5.75 Å². The Morgan fingerprint density at radius 3 is 2.62 bits per heavy atom. The van der Waals surface area contributed by atoms with Crippen molar-refractivity contribution in [1.82, 2.24) is 0 Å². The van der Waals surface area contributed by atoms with Crippen molar-refractivity contribution in [2.75, 3.05) is 17.3 Å². The number of fused-ring (bicyclic) bond motifs is 3. The molecule has 0 fully saturated rings. The van der Waals surface area contributed by atoms with E-state index in [0.717, 1.165) is 22.8 Å². The van der Waals surface area contributed by atoms with Crippen LogP contribution in [0.4, 0.5) is 10.5 Å². The molecular formula is C19H22ClNO3.